The highest BCUT2D eigenvalue weighted by Gasteiger charge is 2.19. The molecule has 7 heavy (non-hydrogen) atoms. The fraction of sp³-hybridized carbons (Fsp3) is 0.500. The number of phosphoric ester groups is 1. The Morgan fingerprint density at radius 1 is 1.86 bits per heavy atom. The predicted molar refractivity (Wildman–Crippen MR) is 23.3 cm³/mol. The van der Waals surface area contributed by atoms with Gasteiger partial charge in [-0.2, -0.15) is 0 Å². The van der Waals surface area contributed by atoms with E-state index in [0.29, 0.717) is 0 Å². The molecule has 1 unspecified atom stereocenters. The van der Waals surface area contributed by atoms with E-state index in [-0.39, 0.29) is 0 Å². The smallest absolute Gasteiger partial charge is 0.300 e. The van der Waals surface area contributed by atoms with Crippen LogP contribution in [0.2, 0.25) is 0 Å². The van der Waals surface area contributed by atoms with Gasteiger partial charge >= 0.3 is 7.82 Å². The molecule has 1 N–H and O–H groups in total. The molecule has 0 amide bonds. The lowest BCUT2D eigenvalue weighted by atomic mass is 11.8. The molecule has 0 aliphatic carbocycles. The van der Waals surface area contributed by atoms with Crippen LogP contribution < -0.4 is 0 Å². The second-order valence-electron chi connectivity index (χ2n) is 0.780. The Balaban J connectivity index is 3.61. The summed E-state index contributed by atoms with van der Waals surface area (Å²) in [6.45, 7) is 0. The normalized spacial score (nSPS) is 18.6. The van der Waals surface area contributed by atoms with Crippen LogP contribution in [0, 0.1) is 7.11 Å². The summed E-state index contributed by atoms with van der Waals surface area (Å²) >= 11 is 0. The Bertz CT molecular complexity index is 81.7. The minimum atomic E-state index is -3.77. The van der Waals surface area contributed by atoms with E-state index in [9.17, 15) is 4.57 Å². The highest BCUT2D eigenvalue weighted by Crippen LogP contribution is 2.40. The van der Waals surface area contributed by atoms with E-state index in [4.69, 9.17) is 4.89 Å². The van der Waals surface area contributed by atoms with E-state index in [2.05, 4.69) is 16.2 Å². The summed E-state index contributed by atoms with van der Waals surface area (Å²) < 4.78 is 17.6. The Labute approximate surface area is 41.7 Å². The largest absolute Gasteiger partial charge is 0.511 e. The van der Waals surface area contributed by atoms with Crippen LogP contribution in [-0.4, -0.2) is 12.0 Å². The minimum absolute atomic E-state index is 1.06. The molecular formula is C2H6O4P+. The van der Waals surface area contributed by atoms with Crippen LogP contribution in [0.4, 0.5) is 0 Å². The summed E-state index contributed by atoms with van der Waals surface area (Å²) in [4.78, 5) is 8.18. The van der Waals surface area contributed by atoms with Crippen molar-refractivity contribution in [3.63, 3.8) is 0 Å². The zero-order chi connectivity index (χ0) is 5.91. The molecule has 0 aromatic heterocycles. The second kappa shape index (κ2) is 2.33. The summed E-state index contributed by atoms with van der Waals surface area (Å²) in [7, 11) is -0.0139. The zero-order valence-corrected chi connectivity index (χ0v) is 4.72. The minimum Gasteiger partial charge on any atom is -0.300 e. The van der Waals surface area contributed by atoms with Gasteiger partial charge in [-0.25, -0.2) is 4.57 Å². The van der Waals surface area contributed by atoms with Crippen LogP contribution in [-0.2, 0) is 13.6 Å². The lowest BCUT2D eigenvalue weighted by Gasteiger charge is -1.95. The lowest BCUT2D eigenvalue weighted by molar-refractivity contribution is 0.220. The number of hydrogen-bond donors (Lipinski definition) is 1. The van der Waals surface area contributed by atoms with Crippen LogP contribution in [0.25, 0.3) is 0 Å². The van der Waals surface area contributed by atoms with Crippen LogP contribution in [0.15, 0.2) is 0 Å². The van der Waals surface area contributed by atoms with Crippen LogP contribution >= 0.6 is 7.82 Å². The van der Waals surface area contributed by atoms with Crippen LogP contribution in [0.5, 0.6) is 0 Å². The quantitative estimate of drug-likeness (QED) is 0.432. The highest BCUT2D eigenvalue weighted by atomic mass is 31.2. The molecule has 0 bridgehead atoms. The summed E-state index contributed by atoms with van der Waals surface area (Å²) in [6, 6.07) is 0. The van der Waals surface area contributed by atoms with Gasteiger partial charge in [-0.1, -0.05) is 4.52 Å². The van der Waals surface area contributed by atoms with Crippen LogP contribution in [0.1, 0.15) is 0 Å². The fourth-order valence-electron chi connectivity index (χ4n) is 0.0527. The molecule has 42 valence electrons. The van der Waals surface area contributed by atoms with Gasteiger partial charge in [-0.3, -0.25) is 4.52 Å². The lowest BCUT2D eigenvalue weighted by Crippen LogP contribution is -1.81. The first-order chi connectivity index (χ1) is 3.12. The van der Waals surface area contributed by atoms with Gasteiger partial charge in [0.15, 0.2) is 0 Å². The van der Waals surface area contributed by atoms with Crippen molar-refractivity contribution >= 4 is 7.82 Å². The van der Waals surface area contributed by atoms with Gasteiger partial charge in [0.1, 0.15) is 0 Å². The van der Waals surface area contributed by atoms with E-state index < -0.39 is 7.82 Å². The maximum Gasteiger partial charge on any atom is 0.511 e. The van der Waals surface area contributed by atoms with Crippen molar-refractivity contribution in [2.45, 2.75) is 0 Å². The summed E-state index contributed by atoms with van der Waals surface area (Å²) in [6.07, 6.45) is 0. The standard InChI is InChI=1S/C2H5O4P/c1-5-7(3,4)6-2/h1H2,2H3/p+1. The summed E-state index contributed by atoms with van der Waals surface area (Å²) in [5.41, 5.74) is 0. The third kappa shape index (κ3) is 2.65. The molecule has 0 saturated carbocycles. The maximum absolute atomic E-state index is 10.0. The van der Waals surface area contributed by atoms with Crippen molar-refractivity contribution in [3.8, 4) is 0 Å². The maximum atomic E-state index is 10.0. The Morgan fingerprint density at radius 3 is 2.29 bits per heavy atom. The SMILES string of the molecule is [CH2+]OP(=O)(O)OC. The molecule has 5 heteroatoms. The van der Waals surface area contributed by atoms with Crippen molar-refractivity contribution in [2.75, 3.05) is 7.11 Å². The molecular weight excluding hydrogens is 119 g/mol. The van der Waals surface area contributed by atoms with E-state index >= 15 is 0 Å². The van der Waals surface area contributed by atoms with Crippen molar-refractivity contribution < 1.29 is 18.5 Å². The van der Waals surface area contributed by atoms with Gasteiger partial charge in [-0.05, 0) is 0 Å². The molecule has 0 fully saturated rings. The Kier molecular flexibility index (Phi) is 2.32. The fourth-order valence-corrected chi connectivity index (χ4v) is 0.158. The van der Waals surface area contributed by atoms with E-state index in [0.717, 1.165) is 7.11 Å². The molecule has 0 heterocycles. The van der Waals surface area contributed by atoms with Crippen molar-refractivity contribution in [1.82, 2.24) is 0 Å². The van der Waals surface area contributed by atoms with Gasteiger partial charge in [0.05, 0.1) is 0 Å². The van der Waals surface area contributed by atoms with Crippen LogP contribution in [0.3, 0.4) is 0 Å². The molecule has 4 nitrogen and oxygen atoms in total. The van der Waals surface area contributed by atoms with Gasteiger partial charge in [-0.15, -0.1) is 0 Å². The topological polar surface area (TPSA) is 55.8 Å². The molecule has 0 aliphatic heterocycles. The van der Waals surface area contributed by atoms with Crippen molar-refractivity contribution in [3.05, 3.63) is 7.11 Å². The Hall–Kier alpha value is -0.0200. The number of phosphoric acid groups is 1. The Morgan fingerprint density at radius 2 is 2.29 bits per heavy atom. The third-order valence-electron chi connectivity index (χ3n) is 0.394. The predicted octanol–water partition coefficient (Wildman–Crippen LogP) is 0.541. The highest BCUT2D eigenvalue weighted by molar-refractivity contribution is 7.47. The first-order valence-electron chi connectivity index (χ1n) is 1.44. The van der Waals surface area contributed by atoms with Gasteiger partial charge in [0, 0.05) is 7.11 Å². The number of hydrogen-bond acceptors (Lipinski definition) is 3. The zero-order valence-electron chi connectivity index (χ0n) is 3.83. The molecule has 0 aromatic rings. The van der Waals surface area contributed by atoms with Crippen molar-refractivity contribution in [1.29, 1.82) is 0 Å². The van der Waals surface area contributed by atoms with E-state index in [1.165, 1.54) is 0 Å². The number of rotatable bonds is 2. The second-order valence-corrected chi connectivity index (χ2v) is 2.34. The average molecular weight is 125 g/mol. The molecule has 0 aliphatic rings. The molecule has 0 saturated heterocycles. The first-order valence-corrected chi connectivity index (χ1v) is 2.94. The molecule has 0 rings (SSSR count). The molecule has 0 aromatic carbocycles. The van der Waals surface area contributed by atoms with Gasteiger partial charge in [0.2, 0.25) is 7.11 Å². The average Bonchev–Trinajstić information content (AvgIpc) is 1.68. The van der Waals surface area contributed by atoms with Gasteiger partial charge < -0.3 is 4.89 Å². The monoisotopic (exact) mass is 125 g/mol. The third-order valence-corrected chi connectivity index (χ3v) is 1.18. The first kappa shape index (κ1) is 6.98. The molecule has 1 atom stereocenters. The summed E-state index contributed by atoms with van der Waals surface area (Å²) in [5, 5.41) is 0. The van der Waals surface area contributed by atoms with Crippen molar-refractivity contribution in [2.24, 2.45) is 0 Å². The molecule has 0 spiro atoms. The summed E-state index contributed by atoms with van der Waals surface area (Å²) in [5.74, 6) is 0. The van der Waals surface area contributed by atoms with E-state index in [1.54, 1.807) is 0 Å². The van der Waals surface area contributed by atoms with E-state index in [1.807, 2.05) is 0 Å². The molecule has 0 radical (unpaired) electrons. The van der Waals surface area contributed by atoms with Gasteiger partial charge in [0.25, 0.3) is 0 Å².